The van der Waals surface area contributed by atoms with Crippen molar-refractivity contribution in [3.8, 4) is 11.1 Å². The Hall–Kier alpha value is -2.98. The van der Waals surface area contributed by atoms with Crippen LogP contribution in [0.4, 0.5) is 4.79 Å². The molecule has 232 valence electrons. The SMILES string of the molecule is CCO[Si](CCCNC(=O)OCCCCCCOC(=O)/C=C/c1ccc(-c2ccc(CC)cc2)cc1)(OCC)OCC. The summed E-state index contributed by atoms with van der Waals surface area (Å²) in [5.41, 5.74) is 4.59. The minimum Gasteiger partial charge on any atom is -0.463 e. The van der Waals surface area contributed by atoms with Crippen LogP contribution in [0.1, 0.15) is 70.9 Å². The maximum atomic E-state index is 12.0. The fourth-order valence-corrected chi connectivity index (χ4v) is 6.99. The van der Waals surface area contributed by atoms with Crippen molar-refractivity contribution < 1.29 is 32.3 Å². The van der Waals surface area contributed by atoms with Crippen molar-refractivity contribution in [1.82, 2.24) is 5.32 Å². The third kappa shape index (κ3) is 13.8. The van der Waals surface area contributed by atoms with E-state index in [9.17, 15) is 9.59 Å². The molecule has 0 fully saturated rings. The summed E-state index contributed by atoms with van der Waals surface area (Å²) in [4.78, 5) is 24.0. The van der Waals surface area contributed by atoms with Crippen LogP contribution in [0, 0.1) is 0 Å². The summed E-state index contributed by atoms with van der Waals surface area (Å²) in [6, 6.07) is 17.3. The highest BCUT2D eigenvalue weighted by atomic mass is 28.4. The van der Waals surface area contributed by atoms with Crippen molar-refractivity contribution >= 4 is 26.9 Å². The molecule has 2 rings (SSSR count). The second kappa shape index (κ2) is 20.8. The Balaban J connectivity index is 1.52. The van der Waals surface area contributed by atoms with Gasteiger partial charge in [0.1, 0.15) is 0 Å². The lowest BCUT2D eigenvalue weighted by molar-refractivity contribution is -0.137. The molecule has 2 aromatic rings. The molecule has 0 radical (unpaired) electrons. The Labute approximate surface area is 253 Å². The number of esters is 1. The summed E-state index contributed by atoms with van der Waals surface area (Å²) in [6.07, 6.45) is 7.83. The van der Waals surface area contributed by atoms with Gasteiger partial charge >= 0.3 is 20.9 Å². The van der Waals surface area contributed by atoms with E-state index in [1.54, 1.807) is 6.08 Å². The van der Waals surface area contributed by atoms with Crippen LogP contribution in [0.25, 0.3) is 17.2 Å². The fourth-order valence-electron chi connectivity index (χ4n) is 4.37. The number of carbonyl (C=O) groups excluding carboxylic acids is 2. The predicted molar refractivity (Wildman–Crippen MR) is 169 cm³/mol. The number of amides is 1. The van der Waals surface area contributed by atoms with Gasteiger partial charge in [0.05, 0.1) is 13.2 Å². The van der Waals surface area contributed by atoms with Gasteiger partial charge < -0.3 is 28.1 Å². The number of aryl methyl sites for hydroxylation is 1. The van der Waals surface area contributed by atoms with E-state index in [-0.39, 0.29) is 5.97 Å². The van der Waals surface area contributed by atoms with E-state index in [0.29, 0.717) is 52.0 Å². The number of hydrogen-bond donors (Lipinski definition) is 1. The molecule has 0 aliphatic heterocycles. The van der Waals surface area contributed by atoms with Gasteiger partial charge in [-0.05, 0) is 87.6 Å². The number of carbonyl (C=O) groups is 2. The Morgan fingerprint density at radius 3 is 1.81 bits per heavy atom. The minimum atomic E-state index is -2.68. The largest absolute Gasteiger partial charge is 0.500 e. The van der Waals surface area contributed by atoms with E-state index in [4.69, 9.17) is 22.8 Å². The van der Waals surface area contributed by atoms with Crippen LogP contribution in [-0.4, -0.2) is 60.4 Å². The lowest BCUT2D eigenvalue weighted by atomic mass is 10.0. The molecule has 0 saturated carbocycles. The number of benzene rings is 2. The first kappa shape index (κ1) is 35.2. The molecule has 0 heterocycles. The van der Waals surface area contributed by atoms with Crippen molar-refractivity contribution in [3.05, 3.63) is 65.7 Å². The quantitative estimate of drug-likeness (QED) is 0.0702. The first-order valence-corrected chi connectivity index (χ1v) is 17.2. The van der Waals surface area contributed by atoms with Crippen LogP contribution >= 0.6 is 0 Å². The first-order valence-electron chi connectivity index (χ1n) is 15.3. The van der Waals surface area contributed by atoms with Crippen molar-refractivity contribution in [2.75, 3.05) is 39.6 Å². The maximum Gasteiger partial charge on any atom is 0.500 e. The second-order valence-electron chi connectivity index (χ2n) is 9.74. The molecule has 2 aromatic carbocycles. The number of alkyl carbamates (subject to hydrolysis) is 1. The van der Waals surface area contributed by atoms with Crippen molar-refractivity contribution in [2.45, 2.75) is 72.3 Å². The number of rotatable bonds is 21. The Kier molecular flexibility index (Phi) is 17.5. The highest BCUT2D eigenvalue weighted by Crippen LogP contribution is 2.21. The van der Waals surface area contributed by atoms with Gasteiger partial charge in [0.2, 0.25) is 0 Å². The van der Waals surface area contributed by atoms with Gasteiger partial charge in [-0.3, -0.25) is 0 Å². The summed E-state index contributed by atoms with van der Waals surface area (Å²) in [6.45, 7) is 10.7. The molecule has 0 aliphatic rings. The van der Waals surface area contributed by atoms with E-state index < -0.39 is 14.9 Å². The second-order valence-corrected chi connectivity index (χ2v) is 12.5. The monoisotopic (exact) mass is 599 g/mol. The molecule has 0 unspecified atom stereocenters. The fraction of sp³-hybridized carbons (Fsp3) is 0.515. The van der Waals surface area contributed by atoms with Gasteiger partial charge in [-0.2, -0.15) is 0 Å². The van der Waals surface area contributed by atoms with Gasteiger partial charge in [0, 0.05) is 38.5 Å². The molecule has 0 aliphatic carbocycles. The van der Waals surface area contributed by atoms with E-state index in [0.717, 1.165) is 43.2 Å². The highest BCUT2D eigenvalue weighted by molar-refractivity contribution is 6.60. The first-order chi connectivity index (χ1) is 20.4. The summed E-state index contributed by atoms with van der Waals surface area (Å²) in [7, 11) is -2.68. The van der Waals surface area contributed by atoms with Crippen LogP contribution in [-0.2, 0) is 34.0 Å². The lowest BCUT2D eigenvalue weighted by Crippen LogP contribution is -2.46. The van der Waals surface area contributed by atoms with Crippen molar-refractivity contribution in [1.29, 1.82) is 0 Å². The molecule has 9 heteroatoms. The van der Waals surface area contributed by atoms with Gasteiger partial charge in [0.15, 0.2) is 0 Å². The molecule has 0 bridgehead atoms. The lowest BCUT2D eigenvalue weighted by Gasteiger charge is -2.28. The van der Waals surface area contributed by atoms with Crippen LogP contribution in [0.2, 0.25) is 6.04 Å². The molecule has 8 nitrogen and oxygen atoms in total. The van der Waals surface area contributed by atoms with Crippen molar-refractivity contribution in [2.24, 2.45) is 0 Å². The average Bonchev–Trinajstić information content (AvgIpc) is 3.00. The molecule has 0 atom stereocenters. The van der Waals surface area contributed by atoms with E-state index in [1.807, 2.05) is 32.9 Å². The van der Waals surface area contributed by atoms with Crippen LogP contribution in [0.15, 0.2) is 54.6 Å². The third-order valence-electron chi connectivity index (χ3n) is 6.56. The molecule has 42 heavy (non-hydrogen) atoms. The average molecular weight is 600 g/mol. The summed E-state index contributed by atoms with van der Waals surface area (Å²) in [5.74, 6) is -0.349. The summed E-state index contributed by atoms with van der Waals surface area (Å²) < 4.78 is 28.0. The van der Waals surface area contributed by atoms with Gasteiger partial charge in [-0.15, -0.1) is 0 Å². The number of hydrogen-bond acceptors (Lipinski definition) is 7. The van der Waals surface area contributed by atoms with E-state index in [2.05, 4.69) is 48.6 Å². The zero-order chi connectivity index (χ0) is 30.5. The molecule has 0 aromatic heterocycles. The molecule has 1 amide bonds. The van der Waals surface area contributed by atoms with Gasteiger partial charge in [-0.1, -0.05) is 55.5 Å². The van der Waals surface area contributed by atoms with E-state index in [1.165, 1.54) is 17.2 Å². The Bertz CT molecular complexity index is 1040. The third-order valence-corrected chi connectivity index (χ3v) is 9.71. The topological polar surface area (TPSA) is 92.3 Å². The number of unbranched alkanes of at least 4 members (excludes halogenated alkanes) is 3. The minimum absolute atomic E-state index is 0.349. The Morgan fingerprint density at radius 1 is 0.714 bits per heavy atom. The molecular formula is C33H49NO7Si. The smallest absolute Gasteiger partial charge is 0.463 e. The normalized spacial score (nSPS) is 11.5. The number of ether oxygens (including phenoxy) is 2. The molecule has 0 saturated heterocycles. The Morgan fingerprint density at radius 2 is 1.26 bits per heavy atom. The van der Waals surface area contributed by atoms with Crippen molar-refractivity contribution in [3.63, 3.8) is 0 Å². The molecular weight excluding hydrogens is 550 g/mol. The van der Waals surface area contributed by atoms with E-state index >= 15 is 0 Å². The van der Waals surface area contributed by atoms with Crippen LogP contribution < -0.4 is 5.32 Å². The number of nitrogens with one attached hydrogen (secondary N) is 1. The maximum absolute atomic E-state index is 12.0. The van der Waals surface area contributed by atoms with Crippen LogP contribution in [0.3, 0.4) is 0 Å². The van der Waals surface area contributed by atoms with Gasteiger partial charge in [-0.25, -0.2) is 9.59 Å². The zero-order valence-corrected chi connectivity index (χ0v) is 26.8. The zero-order valence-electron chi connectivity index (χ0n) is 25.8. The summed E-state index contributed by atoms with van der Waals surface area (Å²) >= 11 is 0. The van der Waals surface area contributed by atoms with Crippen LogP contribution in [0.5, 0.6) is 0 Å². The highest BCUT2D eigenvalue weighted by Gasteiger charge is 2.39. The molecule has 1 N–H and O–H groups in total. The van der Waals surface area contributed by atoms with Gasteiger partial charge in [0.25, 0.3) is 0 Å². The predicted octanol–water partition coefficient (Wildman–Crippen LogP) is 7.20. The standard InChI is InChI=1S/C33H49NO7Si/c1-5-28-14-19-30(20-15-28)31-21-16-29(17-22-31)18-23-32(35)37-25-11-9-10-12-26-38-33(36)34-24-13-27-42(39-6-2,40-7-3)41-8-4/h14-23H,5-13,24-27H2,1-4H3,(H,34,36)/b23-18+. The summed E-state index contributed by atoms with van der Waals surface area (Å²) in [5, 5.41) is 2.77. The molecule has 0 spiro atoms.